The Morgan fingerprint density at radius 2 is 1.88 bits per heavy atom. The Kier molecular flexibility index (Phi) is 4.66. The molecule has 7 N–H and O–H groups in total. The van der Waals surface area contributed by atoms with Crippen molar-refractivity contribution in [1.29, 1.82) is 0 Å². The summed E-state index contributed by atoms with van der Waals surface area (Å²) < 4.78 is 22.6. The first-order chi connectivity index (χ1) is 12.2. The summed E-state index contributed by atoms with van der Waals surface area (Å²) in [5.41, 5.74) is 4.86. The second kappa shape index (κ2) is 6.77. The molecule has 0 unspecified atom stereocenters. The lowest BCUT2D eigenvalue weighted by Gasteiger charge is -2.27. The number of anilines is 3. The summed E-state index contributed by atoms with van der Waals surface area (Å²) in [6.45, 7) is 0. The van der Waals surface area contributed by atoms with Crippen molar-refractivity contribution in [1.82, 2.24) is 9.97 Å². The van der Waals surface area contributed by atoms with Crippen LogP contribution in [0.3, 0.4) is 0 Å². The number of primary sulfonamides is 1. The molecule has 1 fully saturated rings. The molecule has 1 aromatic heterocycles. The number of aromatic amines is 1. The number of carbonyl (C=O) groups is 1. The molecule has 10 nitrogen and oxygen atoms in total. The molecule has 1 amide bonds. The first kappa shape index (κ1) is 17.9. The molecule has 0 spiro atoms. The molecule has 138 valence electrons. The number of hydrogen-bond donors (Lipinski definition) is 5. The van der Waals surface area contributed by atoms with Gasteiger partial charge in [0.1, 0.15) is 11.4 Å². The minimum absolute atomic E-state index is 0.0408. The molecular formula is C15H18N6O4S. The number of primary amides is 1. The molecule has 1 aliphatic rings. The SMILES string of the molecule is NC(=O)c1c(NC2CCC2)nc(Nc2ccc(S(N)(=O)=O)cc2)[nH]c1=O. The van der Waals surface area contributed by atoms with Crippen LogP contribution in [0.15, 0.2) is 34.0 Å². The maximum absolute atomic E-state index is 12.2. The molecule has 26 heavy (non-hydrogen) atoms. The van der Waals surface area contributed by atoms with E-state index >= 15 is 0 Å². The normalized spacial score (nSPS) is 14.5. The third-order valence-electron chi connectivity index (χ3n) is 4.06. The number of nitrogens with two attached hydrogens (primary N) is 2. The molecule has 1 aliphatic carbocycles. The van der Waals surface area contributed by atoms with Crippen LogP contribution < -0.4 is 27.1 Å². The van der Waals surface area contributed by atoms with Crippen molar-refractivity contribution in [3.8, 4) is 0 Å². The van der Waals surface area contributed by atoms with Gasteiger partial charge in [0.2, 0.25) is 16.0 Å². The van der Waals surface area contributed by atoms with Crippen molar-refractivity contribution in [2.45, 2.75) is 30.2 Å². The quantitative estimate of drug-likeness (QED) is 0.478. The van der Waals surface area contributed by atoms with Crippen molar-refractivity contribution < 1.29 is 13.2 Å². The van der Waals surface area contributed by atoms with Crippen molar-refractivity contribution >= 4 is 33.4 Å². The number of nitrogens with zero attached hydrogens (tertiary/aromatic N) is 1. The van der Waals surface area contributed by atoms with Crippen LogP contribution in [0.5, 0.6) is 0 Å². The van der Waals surface area contributed by atoms with Crippen molar-refractivity contribution in [2.24, 2.45) is 10.9 Å². The largest absolute Gasteiger partial charge is 0.366 e. The molecule has 1 aromatic carbocycles. The zero-order valence-corrected chi connectivity index (χ0v) is 14.5. The summed E-state index contributed by atoms with van der Waals surface area (Å²) >= 11 is 0. The van der Waals surface area contributed by atoms with Gasteiger partial charge in [0.05, 0.1) is 4.90 Å². The molecule has 0 atom stereocenters. The van der Waals surface area contributed by atoms with E-state index in [0.717, 1.165) is 19.3 Å². The van der Waals surface area contributed by atoms with E-state index in [1.807, 2.05) is 0 Å². The van der Waals surface area contributed by atoms with Crippen LogP contribution in [-0.4, -0.2) is 30.3 Å². The maximum Gasteiger partial charge on any atom is 0.267 e. The highest BCUT2D eigenvalue weighted by molar-refractivity contribution is 7.89. The summed E-state index contributed by atoms with van der Waals surface area (Å²) in [6, 6.07) is 5.73. The van der Waals surface area contributed by atoms with Gasteiger partial charge >= 0.3 is 0 Å². The first-order valence-electron chi connectivity index (χ1n) is 7.84. The van der Waals surface area contributed by atoms with Crippen molar-refractivity contribution in [3.63, 3.8) is 0 Å². The predicted molar refractivity (Wildman–Crippen MR) is 95.7 cm³/mol. The standard InChI is InChI=1S/C15H18N6O4S/c16-12(22)11-13(18-8-2-1-3-8)20-15(21-14(11)23)19-9-4-6-10(7-5-9)26(17,24)25/h4-8H,1-3H2,(H2,16,22)(H2,17,24,25)(H3,18,19,20,21,23). The fourth-order valence-corrected chi connectivity index (χ4v) is 2.99. The van der Waals surface area contributed by atoms with Gasteiger partial charge in [-0.3, -0.25) is 14.6 Å². The van der Waals surface area contributed by atoms with Gasteiger partial charge in [0, 0.05) is 11.7 Å². The van der Waals surface area contributed by atoms with Gasteiger partial charge in [-0.25, -0.2) is 13.6 Å². The molecule has 3 rings (SSSR count). The zero-order chi connectivity index (χ0) is 18.9. The number of nitrogens with one attached hydrogen (secondary N) is 3. The number of rotatable bonds is 6. The van der Waals surface area contributed by atoms with E-state index in [9.17, 15) is 18.0 Å². The molecule has 0 bridgehead atoms. The summed E-state index contributed by atoms with van der Waals surface area (Å²) in [6.07, 6.45) is 2.91. The van der Waals surface area contributed by atoms with Gasteiger partial charge in [-0.05, 0) is 43.5 Å². The van der Waals surface area contributed by atoms with E-state index in [2.05, 4.69) is 20.6 Å². The van der Waals surface area contributed by atoms with Crippen LogP contribution in [0.25, 0.3) is 0 Å². The van der Waals surface area contributed by atoms with Gasteiger partial charge in [-0.1, -0.05) is 0 Å². The number of H-pyrrole nitrogens is 1. The van der Waals surface area contributed by atoms with E-state index < -0.39 is 21.5 Å². The second-order valence-electron chi connectivity index (χ2n) is 5.97. The monoisotopic (exact) mass is 378 g/mol. The third-order valence-corrected chi connectivity index (χ3v) is 4.99. The summed E-state index contributed by atoms with van der Waals surface area (Å²) in [4.78, 5) is 30.4. The lowest BCUT2D eigenvalue weighted by molar-refractivity contribution is 0.0999. The molecule has 11 heteroatoms. The molecule has 0 aliphatic heterocycles. The maximum atomic E-state index is 12.2. The smallest absolute Gasteiger partial charge is 0.267 e. The molecule has 0 radical (unpaired) electrons. The lowest BCUT2D eigenvalue weighted by Crippen LogP contribution is -2.33. The fraction of sp³-hybridized carbons (Fsp3) is 0.267. The summed E-state index contributed by atoms with van der Waals surface area (Å²) in [5, 5.41) is 11.0. The van der Waals surface area contributed by atoms with Gasteiger partial charge in [-0.2, -0.15) is 4.98 Å². The zero-order valence-electron chi connectivity index (χ0n) is 13.7. The highest BCUT2D eigenvalue weighted by Gasteiger charge is 2.23. The fourth-order valence-electron chi connectivity index (χ4n) is 2.48. The second-order valence-corrected chi connectivity index (χ2v) is 7.53. The van der Waals surface area contributed by atoms with Gasteiger partial charge in [0.15, 0.2) is 0 Å². The minimum atomic E-state index is -3.79. The Hall–Kier alpha value is -2.92. The van der Waals surface area contributed by atoms with Crippen LogP contribution in [0.2, 0.25) is 0 Å². The van der Waals surface area contributed by atoms with E-state index in [4.69, 9.17) is 10.9 Å². The topological polar surface area (TPSA) is 173 Å². The average Bonchev–Trinajstić information content (AvgIpc) is 2.49. The number of sulfonamides is 1. The van der Waals surface area contributed by atoms with Gasteiger partial charge in [-0.15, -0.1) is 0 Å². The first-order valence-corrected chi connectivity index (χ1v) is 9.39. The Morgan fingerprint density at radius 3 is 2.38 bits per heavy atom. The van der Waals surface area contributed by atoms with Crippen molar-refractivity contribution in [2.75, 3.05) is 10.6 Å². The van der Waals surface area contributed by atoms with Crippen molar-refractivity contribution in [3.05, 3.63) is 40.2 Å². The molecule has 1 saturated carbocycles. The average molecular weight is 378 g/mol. The number of benzene rings is 1. The molecular weight excluding hydrogens is 360 g/mol. The van der Waals surface area contributed by atoms with Gasteiger partial charge in [0.25, 0.3) is 11.5 Å². The number of hydrogen-bond acceptors (Lipinski definition) is 7. The lowest BCUT2D eigenvalue weighted by atomic mass is 9.93. The Bertz CT molecular complexity index is 996. The van der Waals surface area contributed by atoms with E-state index in [1.165, 1.54) is 24.3 Å². The molecule has 0 saturated heterocycles. The van der Waals surface area contributed by atoms with Crippen LogP contribution in [0.1, 0.15) is 29.6 Å². The highest BCUT2D eigenvalue weighted by atomic mass is 32.2. The summed E-state index contributed by atoms with van der Waals surface area (Å²) in [7, 11) is -3.79. The van der Waals surface area contributed by atoms with E-state index in [-0.39, 0.29) is 28.3 Å². The number of aromatic nitrogens is 2. The van der Waals surface area contributed by atoms with Crippen LogP contribution in [0.4, 0.5) is 17.5 Å². The van der Waals surface area contributed by atoms with E-state index in [1.54, 1.807) is 0 Å². The Labute approximate surface area is 149 Å². The predicted octanol–water partition coefficient (Wildman–Crippen LogP) is 0.224. The summed E-state index contributed by atoms with van der Waals surface area (Å²) in [5.74, 6) is -0.663. The minimum Gasteiger partial charge on any atom is -0.366 e. The van der Waals surface area contributed by atoms with Gasteiger partial charge < -0.3 is 16.4 Å². The molecule has 1 heterocycles. The van der Waals surface area contributed by atoms with E-state index in [0.29, 0.717) is 5.69 Å². The highest BCUT2D eigenvalue weighted by Crippen LogP contribution is 2.24. The van der Waals surface area contributed by atoms with Crippen LogP contribution >= 0.6 is 0 Å². The number of amides is 1. The van der Waals surface area contributed by atoms with Crippen LogP contribution in [0, 0.1) is 0 Å². The third kappa shape index (κ3) is 3.83. The molecule has 2 aromatic rings. The Morgan fingerprint density at radius 1 is 1.23 bits per heavy atom. The Balaban J connectivity index is 1.90. The number of carbonyl (C=O) groups excluding carboxylic acids is 1. The van der Waals surface area contributed by atoms with Crippen LogP contribution in [-0.2, 0) is 10.0 Å².